The van der Waals surface area contributed by atoms with Crippen molar-refractivity contribution in [1.29, 1.82) is 5.26 Å². The van der Waals surface area contributed by atoms with Crippen molar-refractivity contribution < 1.29 is 0 Å². The maximum Gasteiger partial charge on any atom is 0.101 e. The van der Waals surface area contributed by atoms with Gasteiger partial charge in [0.15, 0.2) is 0 Å². The van der Waals surface area contributed by atoms with E-state index in [2.05, 4.69) is 21.3 Å². The average molecular weight is 256 g/mol. The topological polar surface area (TPSA) is 52.0 Å². The van der Waals surface area contributed by atoms with Crippen LogP contribution >= 0.6 is 0 Å². The molecule has 4 nitrogen and oxygen atoms in total. The molecule has 2 heterocycles. The monoisotopic (exact) mass is 256 g/mol. The summed E-state index contributed by atoms with van der Waals surface area (Å²) in [6, 6.07) is 4.67. The Morgan fingerprint density at radius 2 is 2.26 bits per heavy atom. The largest absolute Gasteiger partial charge is 0.367 e. The number of aromatic nitrogens is 1. The SMILES string of the molecule is N#Cc1ccncc1N(CC1CC1)CC1CCCN1. The summed E-state index contributed by atoms with van der Waals surface area (Å²) in [5, 5.41) is 12.8. The van der Waals surface area contributed by atoms with Gasteiger partial charge >= 0.3 is 0 Å². The summed E-state index contributed by atoms with van der Waals surface area (Å²) in [7, 11) is 0. The fraction of sp³-hybridized carbons (Fsp3) is 0.600. The maximum atomic E-state index is 9.26. The molecule has 19 heavy (non-hydrogen) atoms. The fourth-order valence-electron chi connectivity index (χ4n) is 2.79. The van der Waals surface area contributed by atoms with Gasteiger partial charge in [-0.2, -0.15) is 5.26 Å². The lowest BCUT2D eigenvalue weighted by Crippen LogP contribution is -2.39. The number of nitrogens with one attached hydrogen (secondary N) is 1. The highest BCUT2D eigenvalue weighted by molar-refractivity contribution is 5.57. The molecule has 1 aromatic rings. The van der Waals surface area contributed by atoms with E-state index in [0.717, 1.165) is 36.8 Å². The number of nitriles is 1. The van der Waals surface area contributed by atoms with Crippen molar-refractivity contribution in [3.05, 3.63) is 24.0 Å². The van der Waals surface area contributed by atoms with E-state index in [1.54, 1.807) is 6.20 Å². The maximum absolute atomic E-state index is 9.26. The van der Waals surface area contributed by atoms with E-state index in [9.17, 15) is 5.26 Å². The normalized spacial score (nSPS) is 22.2. The Morgan fingerprint density at radius 1 is 1.37 bits per heavy atom. The van der Waals surface area contributed by atoms with Crippen LogP contribution < -0.4 is 10.2 Å². The molecule has 1 aliphatic heterocycles. The van der Waals surface area contributed by atoms with E-state index >= 15 is 0 Å². The van der Waals surface area contributed by atoms with Gasteiger partial charge in [-0.25, -0.2) is 0 Å². The van der Waals surface area contributed by atoms with Gasteiger partial charge in [0.2, 0.25) is 0 Å². The molecule has 0 bridgehead atoms. The molecule has 1 saturated carbocycles. The van der Waals surface area contributed by atoms with Crippen LogP contribution in [0.15, 0.2) is 18.5 Å². The number of nitrogens with zero attached hydrogens (tertiary/aromatic N) is 3. The summed E-state index contributed by atoms with van der Waals surface area (Å²) in [6.45, 7) is 3.19. The van der Waals surface area contributed by atoms with Crippen molar-refractivity contribution >= 4 is 5.69 Å². The molecule has 0 aromatic carbocycles. The summed E-state index contributed by atoms with van der Waals surface area (Å²) in [4.78, 5) is 6.57. The Morgan fingerprint density at radius 3 is 2.95 bits per heavy atom. The predicted octanol–water partition coefficient (Wildman–Crippen LogP) is 1.92. The second-order valence-corrected chi connectivity index (χ2v) is 5.65. The van der Waals surface area contributed by atoms with Gasteiger partial charge in [-0.3, -0.25) is 4.98 Å². The molecular weight excluding hydrogens is 236 g/mol. The van der Waals surface area contributed by atoms with E-state index in [1.807, 2.05) is 12.3 Å². The van der Waals surface area contributed by atoms with E-state index in [0.29, 0.717) is 6.04 Å². The molecule has 0 spiro atoms. The summed E-state index contributed by atoms with van der Waals surface area (Å²) < 4.78 is 0. The van der Waals surface area contributed by atoms with Crippen LogP contribution in [0.25, 0.3) is 0 Å². The molecule has 1 N–H and O–H groups in total. The highest BCUT2D eigenvalue weighted by atomic mass is 15.2. The molecule has 0 amide bonds. The van der Waals surface area contributed by atoms with Crippen LogP contribution in [0.5, 0.6) is 0 Å². The van der Waals surface area contributed by atoms with Crippen LogP contribution in [0.2, 0.25) is 0 Å². The third-order valence-electron chi connectivity index (χ3n) is 4.04. The lowest BCUT2D eigenvalue weighted by Gasteiger charge is -2.28. The zero-order valence-corrected chi connectivity index (χ0v) is 11.2. The number of hydrogen-bond acceptors (Lipinski definition) is 4. The Kier molecular flexibility index (Phi) is 3.65. The minimum atomic E-state index is 0.561. The van der Waals surface area contributed by atoms with Gasteiger partial charge in [0.1, 0.15) is 6.07 Å². The zero-order chi connectivity index (χ0) is 13.1. The Labute approximate surface area is 114 Å². The molecule has 1 unspecified atom stereocenters. The van der Waals surface area contributed by atoms with E-state index in [4.69, 9.17) is 0 Å². The molecule has 4 heteroatoms. The minimum absolute atomic E-state index is 0.561. The zero-order valence-electron chi connectivity index (χ0n) is 11.2. The van der Waals surface area contributed by atoms with Crippen LogP contribution in [-0.2, 0) is 0 Å². The first-order chi connectivity index (χ1) is 9.36. The van der Waals surface area contributed by atoms with Crippen molar-refractivity contribution in [3.63, 3.8) is 0 Å². The Balaban J connectivity index is 1.78. The van der Waals surface area contributed by atoms with E-state index in [-0.39, 0.29) is 0 Å². The molecule has 100 valence electrons. The first-order valence-electron chi connectivity index (χ1n) is 7.19. The molecule has 2 aliphatic rings. The van der Waals surface area contributed by atoms with Gasteiger partial charge in [-0.15, -0.1) is 0 Å². The second kappa shape index (κ2) is 5.58. The van der Waals surface area contributed by atoms with Crippen molar-refractivity contribution in [2.24, 2.45) is 5.92 Å². The Bertz CT molecular complexity index is 469. The Hall–Kier alpha value is -1.60. The number of rotatable bonds is 5. The summed E-state index contributed by atoms with van der Waals surface area (Å²) in [5.41, 5.74) is 1.75. The number of hydrogen-bond donors (Lipinski definition) is 1. The molecule has 1 atom stereocenters. The lowest BCUT2D eigenvalue weighted by molar-refractivity contribution is 0.570. The van der Waals surface area contributed by atoms with Crippen molar-refractivity contribution in [2.45, 2.75) is 31.7 Å². The van der Waals surface area contributed by atoms with E-state index < -0.39 is 0 Å². The third kappa shape index (κ3) is 3.05. The van der Waals surface area contributed by atoms with Crippen molar-refractivity contribution in [1.82, 2.24) is 10.3 Å². The summed E-state index contributed by atoms with van der Waals surface area (Å²) in [5.74, 6) is 0.813. The third-order valence-corrected chi connectivity index (χ3v) is 4.04. The van der Waals surface area contributed by atoms with Gasteiger partial charge in [0, 0.05) is 25.3 Å². The molecule has 3 rings (SSSR count). The highest BCUT2D eigenvalue weighted by Crippen LogP contribution is 2.32. The van der Waals surface area contributed by atoms with Crippen LogP contribution in [0.4, 0.5) is 5.69 Å². The van der Waals surface area contributed by atoms with E-state index in [1.165, 1.54) is 25.7 Å². The quantitative estimate of drug-likeness (QED) is 0.874. The van der Waals surface area contributed by atoms with Gasteiger partial charge in [-0.1, -0.05) is 0 Å². The number of anilines is 1. The van der Waals surface area contributed by atoms with Crippen molar-refractivity contribution in [2.75, 3.05) is 24.5 Å². The van der Waals surface area contributed by atoms with Crippen LogP contribution in [0, 0.1) is 17.2 Å². The van der Waals surface area contributed by atoms with Crippen LogP contribution in [-0.4, -0.2) is 30.7 Å². The fourth-order valence-corrected chi connectivity index (χ4v) is 2.79. The minimum Gasteiger partial charge on any atom is -0.367 e. The van der Waals surface area contributed by atoms with Gasteiger partial charge < -0.3 is 10.2 Å². The summed E-state index contributed by atoms with van der Waals surface area (Å²) in [6.07, 6.45) is 8.71. The lowest BCUT2D eigenvalue weighted by atomic mass is 10.1. The summed E-state index contributed by atoms with van der Waals surface area (Å²) >= 11 is 0. The van der Waals surface area contributed by atoms with Gasteiger partial charge in [0.05, 0.1) is 17.4 Å². The molecule has 0 radical (unpaired) electrons. The highest BCUT2D eigenvalue weighted by Gasteiger charge is 2.27. The standard InChI is InChI=1S/C15H20N4/c16-8-13-5-7-17-9-15(13)19(10-12-3-4-12)11-14-2-1-6-18-14/h5,7,9,12,14,18H,1-4,6,10-11H2. The molecular formula is C15H20N4. The first-order valence-corrected chi connectivity index (χ1v) is 7.19. The molecule has 1 aromatic heterocycles. The van der Waals surface area contributed by atoms with Crippen molar-refractivity contribution in [3.8, 4) is 6.07 Å². The number of pyridine rings is 1. The van der Waals surface area contributed by atoms with Gasteiger partial charge in [0.25, 0.3) is 0 Å². The molecule has 2 fully saturated rings. The van der Waals surface area contributed by atoms with Crippen LogP contribution in [0.3, 0.4) is 0 Å². The average Bonchev–Trinajstić information content (AvgIpc) is 3.12. The van der Waals surface area contributed by atoms with Crippen LogP contribution in [0.1, 0.15) is 31.2 Å². The smallest absolute Gasteiger partial charge is 0.101 e. The van der Waals surface area contributed by atoms with Gasteiger partial charge in [-0.05, 0) is 44.2 Å². The predicted molar refractivity (Wildman–Crippen MR) is 74.9 cm³/mol. The second-order valence-electron chi connectivity index (χ2n) is 5.65. The molecule has 1 saturated heterocycles. The molecule has 1 aliphatic carbocycles. The first kappa shape index (κ1) is 12.4.